The fraction of sp³-hybridized carbons (Fsp3) is 0.932. The molecule has 0 radical (unpaired) electrons. The lowest BCUT2D eigenvalue weighted by Crippen LogP contribution is -2.48. The summed E-state index contributed by atoms with van der Waals surface area (Å²) in [6.45, 7) is 35.0. The van der Waals surface area contributed by atoms with E-state index in [4.69, 9.17) is 45.6 Å². The number of rotatable bonds is 33. The molecule has 15 heteroatoms. The van der Waals surface area contributed by atoms with E-state index in [1.165, 1.54) is 0 Å². The minimum atomic E-state index is -1.01. The molecule has 2 atom stereocenters. The average Bonchev–Trinajstić information content (AvgIpc) is 3.08. The Balaban J connectivity index is 5.97. The second-order valence-corrected chi connectivity index (χ2v) is 20.3. The third kappa shape index (κ3) is 23.7. The van der Waals surface area contributed by atoms with Gasteiger partial charge in [-0.05, 0) is 128 Å². The Hall–Kier alpha value is -1.95. The van der Waals surface area contributed by atoms with Crippen molar-refractivity contribution >= 4 is 17.7 Å². The Morgan fingerprint density at radius 3 is 1.41 bits per heavy atom. The molecule has 0 aromatic carbocycles. The molecule has 15 nitrogen and oxygen atoms in total. The van der Waals surface area contributed by atoms with Crippen molar-refractivity contribution in [2.75, 3.05) is 65.7 Å². The number of amides is 3. The van der Waals surface area contributed by atoms with E-state index in [1.54, 1.807) is 34.6 Å². The van der Waals surface area contributed by atoms with Crippen LogP contribution in [0.5, 0.6) is 0 Å². The van der Waals surface area contributed by atoms with Gasteiger partial charge >= 0.3 is 0 Å². The first-order valence-electron chi connectivity index (χ1n) is 21.7. The van der Waals surface area contributed by atoms with E-state index in [1.807, 2.05) is 48.5 Å². The van der Waals surface area contributed by atoms with Crippen LogP contribution in [0.1, 0.15) is 149 Å². The summed E-state index contributed by atoms with van der Waals surface area (Å²) in [4.78, 5) is 38.0. The summed E-state index contributed by atoms with van der Waals surface area (Å²) in [5.74, 6) is -0.585. The maximum Gasteiger partial charge on any atom is 0.251 e. The van der Waals surface area contributed by atoms with E-state index < -0.39 is 39.2 Å². The fourth-order valence-electron chi connectivity index (χ4n) is 6.93. The first-order valence-corrected chi connectivity index (χ1v) is 21.7. The Labute approximate surface area is 358 Å². The summed E-state index contributed by atoms with van der Waals surface area (Å²) in [7, 11) is 0. The summed E-state index contributed by atoms with van der Waals surface area (Å²) in [5.41, 5.74) is 11.1. The van der Waals surface area contributed by atoms with E-state index in [0.29, 0.717) is 91.4 Å². The van der Waals surface area contributed by atoms with Gasteiger partial charge in [0.1, 0.15) is 16.8 Å². The molecule has 0 aliphatic heterocycles. The van der Waals surface area contributed by atoms with E-state index in [0.717, 1.165) is 12.8 Å². The average molecular weight is 847 g/mol. The van der Waals surface area contributed by atoms with Gasteiger partial charge in [-0.1, -0.05) is 20.8 Å². The van der Waals surface area contributed by atoms with E-state index in [-0.39, 0.29) is 29.2 Å². The van der Waals surface area contributed by atoms with Crippen LogP contribution in [0, 0.1) is 5.41 Å². The predicted molar refractivity (Wildman–Crippen MR) is 236 cm³/mol. The van der Waals surface area contributed by atoms with Gasteiger partial charge in [-0.15, -0.1) is 0 Å². The SMILES string of the molecule is CCC(C)(OCCC(C)(C)OC(COC(C)(C)CC(C)(C)CCOC(C)(C)C(=O)NCCN)CC(C)(C)OC(C)(C)CCOC(C)(C)C(=O)NCCN)C(=O)NCCN. The zero-order valence-corrected chi connectivity index (χ0v) is 40.3. The molecule has 3 amide bonds. The van der Waals surface area contributed by atoms with Crippen LogP contribution in [-0.4, -0.2) is 129 Å². The van der Waals surface area contributed by atoms with E-state index in [9.17, 15) is 14.4 Å². The van der Waals surface area contributed by atoms with Crippen LogP contribution < -0.4 is 33.2 Å². The normalized spacial score (nSPS) is 15.1. The summed E-state index contributed by atoms with van der Waals surface area (Å²) in [5, 5.41) is 8.45. The molecule has 0 aliphatic rings. The minimum absolute atomic E-state index is 0.170. The van der Waals surface area contributed by atoms with Gasteiger partial charge in [0.25, 0.3) is 17.7 Å². The minimum Gasteiger partial charge on any atom is -0.373 e. The van der Waals surface area contributed by atoms with Crippen LogP contribution in [0.25, 0.3) is 0 Å². The molecule has 0 bridgehead atoms. The number of nitrogens with one attached hydrogen (secondary N) is 3. The standard InChI is InChI=1S/C44H90N6O9/c1-17-44(16,36(53)50-26-23-47)56-29-19-38(4,5)58-33(30-40(8,9)59-39(6,7)20-28-55-43(14,15)35(52)49-25-22-46)31-57-41(10,11)32-37(2,3)18-27-54-42(12,13)34(51)48-24-21-45/h33H,17-32,45-47H2,1-16H3,(H,48,51)(H,49,52)(H,50,53). The maximum atomic E-state index is 12.9. The van der Waals surface area contributed by atoms with Crippen LogP contribution in [0.2, 0.25) is 0 Å². The van der Waals surface area contributed by atoms with Gasteiger partial charge in [-0.2, -0.15) is 0 Å². The molecule has 0 rings (SSSR count). The van der Waals surface area contributed by atoms with Gasteiger partial charge in [0, 0.05) is 52.3 Å². The third-order valence-corrected chi connectivity index (χ3v) is 10.4. The Kier molecular flexibility index (Phi) is 23.8. The van der Waals surface area contributed by atoms with Crippen molar-refractivity contribution in [1.82, 2.24) is 16.0 Å². The molecule has 0 saturated carbocycles. The van der Waals surface area contributed by atoms with Crippen molar-refractivity contribution in [1.29, 1.82) is 0 Å². The van der Waals surface area contributed by atoms with Crippen molar-refractivity contribution in [2.45, 2.75) is 195 Å². The van der Waals surface area contributed by atoms with E-state index in [2.05, 4.69) is 43.6 Å². The van der Waals surface area contributed by atoms with Crippen LogP contribution >= 0.6 is 0 Å². The van der Waals surface area contributed by atoms with Gasteiger partial charge in [0.15, 0.2) is 0 Å². The highest BCUT2D eigenvalue weighted by Crippen LogP contribution is 2.36. The van der Waals surface area contributed by atoms with Crippen molar-refractivity contribution in [3.8, 4) is 0 Å². The first kappa shape index (κ1) is 57.1. The lowest BCUT2D eigenvalue weighted by atomic mass is 9.79. The fourth-order valence-corrected chi connectivity index (χ4v) is 6.93. The predicted octanol–water partition coefficient (Wildman–Crippen LogP) is 4.50. The quantitative estimate of drug-likeness (QED) is 0.0538. The lowest BCUT2D eigenvalue weighted by molar-refractivity contribution is -0.190. The molecule has 0 aliphatic carbocycles. The number of carbonyl (C=O) groups excluding carboxylic acids is 3. The molecule has 350 valence electrons. The van der Waals surface area contributed by atoms with Gasteiger partial charge in [0.05, 0.1) is 48.3 Å². The molecule has 2 unspecified atom stereocenters. The second kappa shape index (κ2) is 24.6. The van der Waals surface area contributed by atoms with Crippen LogP contribution in [0.4, 0.5) is 0 Å². The highest BCUT2D eigenvalue weighted by atomic mass is 16.6. The lowest BCUT2D eigenvalue weighted by Gasteiger charge is -2.42. The van der Waals surface area contributed by atoms with Gasteiger partial charge in [-0.25, -0.2) is 0 Å². The van der Waals surface area contributed by atoms with Crippen LogP contribution in [0.15, 0.2) is 0 Å². The summed E-state index contributed by atoms with van der Waals surface area (Å²) in [6, 6.07) is 0. The van der Waals surface area contributed by atoms with Gasteiger partial charge < -0.3 is 61.6 Å². The summed E-state index contributed by atoms with van der Waals surface area (Å²) in [6.07, 6.45) is 3.16. The molecular weight excluding hydrogens is 757 g/mol. The second-order valence-electron chi connectivity index (χ2n) is 20.3. The molecule has 59 heavy (non-hydrogen) atoms. The van der Waals surface area contributed by atoms with Crippen molar-refractivity contribution < 1.29 is 42.8 Å². The number of hydrogen-bond acceptors (Lipinski definition) is 12. The molecule has 0 aromatic rings. The topological polar surface area (TPSA) is 221 Å². The number of ether oxygens (including phenoxy) is 6. The van der Waals surface area contributed by atoms with Crippen molar-refractivity contribution in [2.24, 2.45) is 22.6 Å². The van der Waals surface area contributed by atoms with Crippen LogP contribution in [0.3, 0.4) is 0 Å². The van der Waals surface area contributed by atoms with Crippen LogP contribution in [-0.2, 0) is 42.8 Å². The first-order chi connectivity index (χ1) is 26.8. The highest BCUT2D eigenvalue weighted by Gasteiger charge is 2.39. The molecule has 0 saturated heterocycles. The summed E-state index contributed by atoms with van der Waals surface area (Å²) >= 11 is 0. The number of carbonyl (C=O) groups is 3. The maximum absolute atomic E-state index is 12.9. The van der Waals surface area contributed by atoms with E-state index >= 15 is 0 Å². The number of hydrogen-bond donors (Lipinski definition) is 6. The largest absolute Gasteiger partial charge is 0.373 e. The molecular formula is C44H90N6O9. The zero-order valence-electron chi connectivity index (χ0n) is 40.3. The van der Waals surface area contributed by atoms with Gasteiger partial charge in [0.2, 0.25) is 0 Å². The summed E-state index contributed by atoms with van der Waals surface area (Å²) < 4.78 is 38.6. The molecule has 0 fully saturated rings. The van der Waals surface area contributed by atoms with Crippen molar-refractivity contribution in [3.05, 3.63) is 0 Å². The zero-order chi connectivity index (χ0) is 46.0. The third-order valence-electron chi connectivity index (χ3n) is 10.4. The Morgan fingerprint density at radius 1 is 0.525 bits per heavy atom. The Bertz CT molecular complexity index is 1260. The van der Waals surface area contributed by atoms with Gasteiger partial charge in [-0.3, -0.25) is 14.4 Å². The van der Waals surface area contributed by atoms with Crippen molar-refractivity contribution in [3.63, 3.8) is 0 Å². The smallest absolute Gasteiger partial charge is 0.251 e. The molecule has 0 heterocycles. The highest BCUT2D eigenvalue weighted by molar-refractivity contribution is 5.85. The molecule has 9 N–H and O–H groups in total. The monoisotopic (exact) mass is 847 g/mol. The molecule has 0 aromatic heterocycles. The number of nitrogens with two attached hydrogens (primary N) is 3. The molecule has 0 spiro atoms. The Morgan fingerprint density at radius 2 is 0.949 bits per heavy atom.